The van der Waals surface area contributed by atoms with Crippen molar-refractivity contribution in [3.8, 4) is 0 Å². The summed E-state index contributed by atoms with van der Waals surface area (Å²) in [6.07, 6.45) is 0. The van der Waals surface area contributed by atoms with Crippen LogP contribution in [0.1, 0.15) is 26.3 Å². The highest BCUT2D eigenvalue weighted by molar-refractivity contribution is 5.41. The summed E-state index contributed by atoms with van der Waals surface area (Å²) in [6, 6.07) is 8.98. The van der Waals surface area contributed by atoms with Crippen molar-refractivity contribution in [3.63, 3.8) is 0 Å². The van der Waals surface area contributed by atoms with Crippen molar-refractivity contribution < 1.29 is 0 Å². The second-order valence-corrected chi connectivity index (χ2v) is 6.57. The zero-order valence-corrected chi connectivity index (χ0v) is 12.7. The number of benzene rings is 1. The topological polar surface area (TPSA) is 32.5 Å². The van der Waals surface area contributed by atoms with E-state index in [1.54, 1.807) is 0 Å². The predicted molar refractivity (Wildman–Crippen MR) is 82.4 cm³/mol. The van der Waals surface area contributed by atoms with Crippen LogP contribution in [0.4, 0.5) is 5.69 Å². The third-order valence-corrected chi connectivity index (χ3v) is 4.35. The number of anilines is 1. The van der Waals surface area contributed by atoms with Crippen molar-refractivity contribution in [3.05, 3.63) is 29.8 Å². The summed E-state index contributed by atoms with van der Waals surface area (Å²) in [7, 11) is 2.22. The Hall–Kier alpha value is -1.06. The third-order valence-electron chi connectivity index (χ3n) is 4.35. The van der Waals surface area contributed by atoms with E-state index in [0.717, 1.165) is 18.8 Å². The van der Waals surface area contributed by atoms with E-state index in [4.69, 9.17) is 5.73 Å². The molecular formula is C16H27N3. The molecule has 0 aromatic heterocycles. The Morgan fingerprint density at radius 1 is 1.21 bits per heavy atom. The molecule has 0 bridgehead atoms. The van der Waals surface area contributed by atoms with Crippen molar-refractivity contribution >= 4 is 5.69 Å². The highest BCUT2D eigenvalue weighted by Gasteiger charge is 2.27. The smallest absolute Gasteiger partial charge is 0.0314 e. The average molecular weight is 261 g/mol. The van der Waals surface area contributed by atoms with Crippen LogP contribution in [0.15, 0.2) is 24.3 Å². The number of piperazine rings is 1. The van der Waals surface area contributed by atoms with Gasteiger partial charge in [-0.25, -0.2) is 0 Å². The normalized spacial score (nSPS) is 22.6. The van der Waals surface area contributed by atoms with Crippen LogP contribution in [0.2, 0.25) is 0 Å². The van der Waals surface area contributed by atoms with Crippen LogP contribution in [0.3, 0.4) is 0 Å². The van der Waals surface area contributed by atoms with Crippen molar-refractivity contribution in [2.24, 2.45) is 0 Å². The summed E-state index contributed by atoms with van der Waals surface area (Å²) in [5, 5.41) is 0. The zero-order chi connectivity index (χ0) is 14.0. The third kappa shape index (κ3) is 3.48. The Morgan fingerprint density at radius 2 is 1.84 bits per heavy atom. The highest BCUT2D eigenvalue weighted by Crippen LogP contribution is 2.26. The molecule has 1 aromatic carbocycles. The molecule has 19 heavy (non-hydrogen) atoms. The lowest BCUT2D eigenvalue weighted by atomic mass is 9.83. The summed E-state index contributed by atoms with van der Waals surface area (Å²) in [4.78, 5) is 5.02. The molecule has 1 atom stereocenters. The quantitative estimate of drug-likeness (QED) is 0.847. The summed E-state index contributed by atoms with van der Waals surface area (Å²) >= 11 is 0. The molecule has 2 N–H and O–H groups in total. The molecule has 1 saturated heterocycles. The maximum absolute atomic E-state index is 5.77. The summed E-state index contributed by atoms with van der Waals surface area (Å²) < 4.78 is 0. The summed E-state index contributed by atoms with van der Waals surface area (Å²) in [6.45, 7) is 11.5. The van der Waals surface area contributed by atoms with Gasteiger partial charge in [0, 0.05) is 43.3 Å². The number of nitrogens with two attached hydrogens (primary N) is 1. The van der Waals surface area contributed by atoms with Crippen molar-refractivity contribution in [1.29, 1.82) is 0 Å². The van der Waals surface area contributed by atoms with Crippen LogP contribution in [0, 0.1) is 0 Å². The SMILES string of the molecule is CC1CN(CC(C)(C)c2ccc(N)cc2)CCN1C. The largest absolute Gasteiger partial charge is 0.399 e. The Kier molecular flexibility index (Phi) is 4.16. The molecule has 0 saturated carbocycles. The highest BCUT2D eigenvalue weighted by atomic mass is 15.3. The van der Waals surface area contributed by atoms with E-state index in [1.807, 2.05) is 12.1 Å². The van der Waals surface area contributed by atoms with Gasteiger partial charge in [0.2, 0.25) is 0 Å². The second kappa shape index (κ2) is 5.51. The van der Waals surface area contributed by atoms with Gasteiger partial charge in [0.1, 0.15) is 0 Å². The zero-order valence-electron chi connectivity index (χ0n) is 12.7. The van der Waals surface area contributed by atoms with Gasteiger partial charge in [0.05, 0.1) is 0 Å². The van der Waals surface area contributed by atoms with Gasteiger partial charge in [0.15, 0.2) is 0 Å². The van der Waals surface area contributed by atoms with Gasteiger partial charge in [-0.05, 0) is 31.7 Å². The molecule has 1 aromatic rings. The van der Waals surface area contributed by atoms with Crippen LogP contribution in [0.25, 0.3) is 0 Å². The van der Waals surface area contributed by atoms with E-state index >= 15 is 0 Å². The molecule has 0 radical (unpaired) electrons. The molecule has 0 amide bonds. The first-order valence-corrected chi connectivity index (χ1v) is 7.17. The lowest BCUT2D eigenvalue weighted by Crippen LogP contribution is -2.52. The van der Waals surface area contributed by atoms with Crippen molar-refractivity contribution in [2.45, 2.75) is 32.2 Å². The van der Waals surface area contributed by atoms with Gasteiger partial charge in [-0.3, -0.25) is 4.90 Å². The van der Waals surface area contributed by atoms with Gasteiger partial charge in [-0.2, -0.15) is 0 Å². The fourth-order valence-corrected chi connectivity index (χ4v) is 2.85. The van der Waals surface area contributed by atoms with Crippen LogP contribution >= 0.6 is 0 Å². The number of rotatable bonds is 3. The Balaban J connectivity index is 2.02. The van der Waals surface area contributed by atoms with E-state index in [9.17, 15) is 0 Å². The van der Waals surface area contributed by atoms with Crippen molar-refractivity contribution in [1.82, 2.24) is 9.80 Å². The lowest BCUT2D eigenvalue weighted by molar-refractivity contribution is 0.0902. The molecule has 1 aliphatic heterocycles. The van der Waals surface area contributed by atoms with Crippen LogP contribution in [-0.2, 0) is 5.41 Å². The van der Waals surface area contributed by atoms with E-state index < -0.39 is 0 Å². The first kappa shape index (κ1) is 14.4. The summed E-state index contributed by atoms with van der Waals surface area (Å²) in [5.74, 6) is 0. The Morgan fingerprint density at radius 3 is 2.42 bits per heavy atom. The number of hydrogen-bond acceptors (Lipinski definition) is 3. The fourth-order valence-electron chi connectivity index (χ4n) is 2.85. The first-order chi connectivity index (χ1) is 8.88. The van der Waals surface area contributed by atoms with Gasteiger partial charge in [-0.1, -0.05) is 26.0 Å². The monoisotopic (exact) mass is 261 g/mol. The Bertz CT molecular complexity index is 411. The minimum absolute atomic E-state index is 0.170. The molecular weight excluding hydrogens is 234 g/mol. The molecule has 3 nitrogen and oxygen atoms in total. The molecule has 1 aliphatic rings. The second-order valence-electron chi connectivity index (χ2n) is 6.57. The molecule has 2 rings (SSSR count). The van der Waals surface area contributed by atoms with E-state index in [1.165, 1.54) is 18.7 Å². The molecule has 1 fully saturated rings. The lowest BCUT2D eigenvalue weighted by Gasteiger charge is -2.41. The fraction of sp³-hybridized carbons (Fsp3) is 0.625. The van der Waals surface area contributed by atoms with Gasteiger partial charge in [-0.15, -0.1) is 0 Å². The van der Waals surface area contributed by atoms with Gasteiger partial charge >= 0.3 is 0 Å². The molecule has 1 unspecified atom stereocenters. The van der Waals surface area contributed by atoms with Crippen LogP contribution < -0.4 is 5.73 Å². The average Bonchev–Trinajstić information content (AvgIpc) is 2.34. The summed E-state index contributed by atoms with van der Waals surface area (Å²) in [5.41, 5.74) is 8.15. The standard InChI is InChI=1S/C16H27N3/c1-13-11-19(10-9-18(13)4)12-16(2,3)14-5-7-15(17)8-6-14/h5-8,13H,9-12,17H2,1-4H3. The van der Waals surface area contributed by atoms with E-state index in [2.05, 4.69) is 49.8 Å². The minimum Gasteiger partial charge on any atom is -0.399 e. The van der Waals surface area contributed by atoms with Crippen molar-refractivity contribution in [2.75, 3.05) is 39.0 Å². The molecule has 0 aliphatic carbocycles. The maximum Gasteiger partial charge on any atom is 0.0314 e. The molecule has 106 valence electrons. The van der Waals surface area contributed by atoms with Gasteiger partial charge in [0.25, 0.3) is 0 Å². The number of nitrogen functional groups attached to an aromatic ring is 1. The maximum atomic E-state index is 5.77. The predicted octanol–water partition coefficient (Wildman–Crippen LogP) is 2.18. The van der Waals surface area contributed by atoms with Crippen LogP contribution in [0.5, 0.6) is 0 Å². The molecule has 3 heteroatoms. The minimum atomic E-state index is 0.170. The van der Waals surface area contributed by atoms with Gasteiger partial charge < -0.3 is 10.6 Å². The molecule has 0 spiro atoms. The Labute approximate surface area is 117 Å². The number of likely N-dealkylation sites (N-methyl/N-ethyl adjacent to an activating group) is 1. The number of hydrogen-bond donors (Lipinski definition) is 1. The van der Waals surface area contributed by atoms with Crippen LogP contribution in [-0.4, -0.2) is 49.1 Å². The van der Waals surface area contributed by atoms with E-state index in [-0.39, 0.29) is 5.41 Å². The number of nitrogens with zero attached hydrogens (tertiary/aromatic N) is 2. The first-order valence-electron chi connectivity index (χ1n) is 7.17. The van der Waals surface area contributed by atoms with E-state index in [0.29, 0.717) is 6.04 Å². The molecule has 1 heterocycles.